The van der Waals surface area contributed by atoms with Crippen molar-refractivity contribution in [1.29, 1.82) is 0 Å². The van der Waals surface area contributed by atoms with Gasteiger partial charge in [0, 0.05) is 84.5 Å². The van der Waals surface area contributed by atoms with Crippen molar-refractivity contribution in [2.24, 2.45) is 17.8 Å². The zero-order valence-corrected chi connectivity index (χ0v) is 31.1. The smallest absolute Gasteiger partial charge is 0.144 e. The SMILES string of the molecule is Cc1ccc2c(c1)c1c(n2CC(C)(F)C=C2CCC(CN3CCc4c(c5cc(Cl)ccc5n4C=C4CC(C)CC(C)C4)C3)C2)CCN(C)C1. The zero-order valence-electron chi connectivity index (χ0n) is 30.3. The number of rotatable bonds is 6. The van der Waals surface area contributed by atoms with Crippen LogP contribution < -0.4 is 0 Å². The monoisotopic (exact) mass is 680 g/mol. The third-order valence-electron chi connectivity index (χ3n) is 12.1. The summed E-state index contributed by atoms with van der Waals surface area (Å²) in [4.78, 5) is 5.04. The molecule has 2 fully saturated rings. The molecule has 4 nitrogen and oxygen atoms in total. The molecule has 2 saturated carbocycles. The number of nitrogens with zero attached hydrogens (tertiary/aromatic N) is 4. The first-order valence-electron chi connectivity index (χ1n) is 18.9. The number of halogens is 2. The number of alkyl halides is 1. The Balaban J connectivity index is 0.980. The number of hydrogen-bond acceptors (Lipinski definition) is 2. The van der Waals surface area contributed by atoms with Crippen molar-refractivity contribution < 1.29 is 4.39 Å². The second kappa shape index (κ2) is 13.0. The summed E-state index contributed by atoms with van der Waals surface area (Å²) in [5.41, 5.74) is 10.9. The zero-order chi connectivity index (χ0) is 34.0. The van der Waals surface area contributed by atoms with Gasteiger partial charge in [-0.25, -0.2) is 4.39 Å². The van der Waals surface area contributed by atoms with Crippen LogP contribution in [0.1, 0.15) is 87.4 Å². The van der Waals surface area contributed by atoms with Gasteiger partial charge in [-0.05, 0) is 125 Å². The lowest BCUT2D eigenvalue weighted by Crippen LogP contribution is -2.34. The number of hydrogen-bond donors (Lipinski definition) is 0. The van der Waals surface area contributed by atoms with E-state index in [-0.39, 0.29) is 0 Å². The van der Waals surface area contributed by atoms with E-state index in [1.165, 1.54) is 74.7 Å². The van der Waals surface area contributed by atoms with Crippen LogP contribution in [0.4, 0.5) is 4.39 Å². The second-order valence-corrected chi connectivity index (χ2v) is 17.2. The Morgan fingerprint density at radius 2 is 1.61 bits per heavy atom. The second-order valence-electron chi connectivity index (χ2n) is 16.8. The van der Waals surface area contributed by atoms with Gasteiger partial charge in [0.25, 0.3) is 0 Å². The maximum absolute atomic E-state index is 16.6. The quantitative estimate of drug-likeness (QED) is 0.189. The van der Waals surface area contributed by atoms with Gasteiger partial charge in [-0.15, -0.1) is 0 Å². The van der Waals surface area contributed by atoms with E-state index in [9.17, 15) is 0 Å². The highest BCUT2D eigenvalue weighted by molar-refractivity contribution is 6.31. The Bertz CT molecular complexity index is 1950. The molecule has 0 radical (unpaired) electrons. The highest BCUT2D eigenvalue weighted by atomic mass is 35.5. The normalized spacial score (nSPS) is 25.7. The molecule has 49 heavy (non-hydrogen) atoms. The first-order chi connectivity index (χ1) is 23.5. The van der Waals surface area contributed by atoms with Crippen molar-refractivity contribution in [1.82, 2.24) is 18.9 Å². The van der Waals surface area contributed by atoms with Gasteiger partial charge in [-0.3, -0.25) is 4.90 Å². The minimum atomic E-state index is -1.39. The van der Waals surface area contributed by atoms with E-state index < -0.39 is 5.67 Å². The number of fused-ring (bicyclic) bond motifs is 6. The molecule has 0 spiro atoms. The summed E-state index contributed by atoms with van der Waals surface area (Å²) < 4.78 is 21.4. The summed E-state index contributed by atoms with van der Waals surface area (Å²) in [5.74, 6) is 2.08. The molecule has 2 aliphatic carbocycles. The van der Waals surface area contributed by atoms with Gasteiger partial charge in [0.15, 0.2) is 0 Å². The van der Waals surface area contributed by atoms with Crippen LogP contribution in [0.15, 0.2) is 53.6 Å². The third kappa shape index (κ3) is 6.68. The number of aromatic nitrogens is 2. The molecule has 4 aromatic rings. The number of benzene rings is 2. The molecule has 2 aliphatic heterocycles. The molecule has 8 rings (SSSR count). The summed E-state index contributed by atoms with van der Waals surface area (Å²) in [5, 5.41) is 3.42. The van der Waals surface area contributed by atoms with E-state index in [1.54, 1.807) is 12.5 Å². The maximum atomic E-state index is 16.6. The Morgan fingerprint density at radius 1 is 0.878 bits per heavy atom. The fourth-order valence-electron chi connectivity index (χ4n) is 10.1. The van der Waals surface area contributed by atoms with Crippen LogP contribution in [0.3, 0.4) is 0 Å². The lowest BCUT2D eigenvalue weighted by atomic mass is 9.80. The standard InChI is InChI=1S/C43H54ClFN4/c1-28-6-10-40-35(19-28)37-25-46(5)14-12-42(37)49(40)27-43(4,45)22-31-7-8-32(20-31)23-47-15-13-41-38(26-47)36-21-34(44)9-11-39(36)48(41)24-33-17-29(2)16-30(3)18-33/h6,9-11,19,21-22,24,29-30,32H,7-8,12-18,20,23,25-27H2,1-5H3. The van der Waals surface area contributed by atoms with Gasteiger partial charge in [0.2, 0.25) is 0 Å². The third-order valence-corrected chi connectivity index (χ3v) is 12.3. The first kappa shape index (κ1) is 33.3. The fraction of sp³-hybridized carbons (Fsp3) is 0.535. The van der Waals surface area contributed by atoms with Gasteiger partial charge in [0.05, 0.1) is 12.1 Å². The van der Waals surface area contributed by atoms with Crippen molar-refractivity contribution >= 4 is 39.6 Å². The van der Waals surface area contributed by atoms with Crippen molar-refractivity contribution in [2.45, 2.75) is 104 Å². The molecule has 0 amide bonds. The van der Waals surface area contributed by atoms with Crippen LogP contribution >= 0.6 is 11.6 Å². The lowest BCUT2D eigenvalue weighted by Gasteiger charge is -2.30. The van der Waals surface area contributed by atoms with Gasteiger partial charge in [0.1, 0.15) is 5.67 Å². The van der Waals surface area contributed by atoms with Gasteiger partial charge in [-0.2, -0.15) is 0 Å². The van der Waals surface area contributed by atoms with Crippen LogP contribution in [-0.4, -0.2) is 51.3 Å². The maximum Gasteiger partial charge on any atom is 0.144 e. The summed E-state index contributed by atoms with van der Waals surface area (Å²) in [6.45, 7) is 14.2. The van der Waals surface area contributed by atoms with E-state index in [4.69, 9.17) is 11.6 Å². The van der Waals surface area contributed by atoms with Crippen molar-refractivity contribution in [3.63, 3.8) is 0 Å². The molecule has 0 bridgehead atoms. The van der Waals surface area contributed by atoms with E-state index in [1.807, 2.05) is 12.1 Å². The van der Waals surface area contributed by atoms with Crippen molar-refractivity contribution in [3.05, 3.63) is 86.7 Å². The predicted molar refractivity (Wildman–Crippen MR) is 204 cm³/mol. The number of allylic oxidation sites excluding steroid dienone is 3. The van der Waals surface area contributed by atoms with Crippen LogP contribution in [0.2, 0.25) is 5.02 Å². The minimum absolute atomic E-state index is 0.384. The molecule has 6 heteroatoms. The minimum Gasteiger partial charge on any atom is -0.341 e. The molecular formula is C43H54ClFN4. The topological polar surface area (TPSA) is 16.3 Å². The molecule has 260 valence electrons. The highest BCUT2D eigenvalue weighted by Crippen LogP contribution is 2.40. The van der Waals surface area contributed by atoms with Crippen LogP contribution in [0.5, 0.6) is 0 Å². The largest absolute Gasteiger partial charge is 0.341 e. The Labute approximate surface area is 297 Å². The van der Waals surface area contributed by atoms with E-state index in [2.05, 4.69) is 83.3 Å². The average molecular weight is 681 g/mol. The van der Waals surface area contributed by atoms with E-state index in [0.29, 0.717) is 12.5 Å². The molecule has 4 heterocycles. The molecule has 0 N–H and O–H groups in total. The molecule has 4 unspecified atom stereocenters. The van der Waals surface area contributed by atoms with Crippen LogP contribution in [0, 0.1) is 24.7 Å². The first-order valence-corrected chi connectivity index (χ1v) is 19.3. The number of likely N-dealkylation sites (N-methyl/N-ethyl adjacent to an activating group) is 1. The van der Waals surface area contributed by atoms with Gasteiger partial charge in [-0.1, -0.05) is 48.2 Å². The van der Waals surface area contributed by atoms with E-state index >= 15 is 4.39 Å². The predicted octanol–water partition coefficient (Wildman–Crippen LogP) is 10.4. The van der Waals surface area contributed by atoms with Crippen LogP contribution in [0.25, 0.3) is 28.0 Å². The summed E-state index contributed by atoms with van der Waals surface area (Å²) in [7, 11) is 2.19. The molecular weight excluding hydrogens is 627 g/mol. The summed E-state index contributed by atoms with van der Waals surface area (Å²) >= 11 is 6.58. The summed E-state index contributed by atoms with van der Waals surface area (Å²) in [6.07, 6.45) is 13.4. The van der Waals surface area contributed by atoms with Crippen LogP contribution in [-0.2, 0) is 32.5 Å². The molecule has 2 aromatic carbocycles. The van der Waals surface area contributed by atoms with Gasteiger partial charge >= 0.3 is 0 Å². The molecule has 4 aliphatic rings. The summed E-state index contributed by atoms with van der Waals surface area (Å²) in [6, 6.07) is 13.1. The molecule has 0 saturated heterocycles. The fourth-order valence-corrected chi connectivity index (χ4v) is 10.3. The number of aryl methyl sites for hydroxylation is 1. The van der Waals surface area contributed by atoms with Gasteiger partial charge < -0.3 is 14.0 Å². The van der Waals surface area contributed by atoms with Crippen molar-refractivity contribution in [2.75, 3.05) is 26.7 Å². The Morgan fingerprint density at radius 3 is 2.43 bits per heavy atom. The van der Waals surface area contributed by atoms with E-state index in [0.717, 1.165) is 81.7 Å². The Kier molecular flexibility index (Phi) is 8.86. The average Bonchev–Trinajstić information content (AvgIpc) is 3.68. The molecule has 2 aromatic heterocycles. The highest BCUT2D eigenvalue weighted by Gasteiger charge is 2.32. The lowest BCUT2D eigenvalue weighted by molar-refractivity contribution is 0.214. The Hall–Kier alpha value is -2.86. The van der Waals surface area contributed by atoms with Crippen molar-refractivity contribution in [3.8, 4) is 0 Å². The molecule has 4 atom stereocenters.